The summed E-state index contributed by atoms with van der Waals surface area (Å²) in [5.41, 5.74) is 1.73. The lowest BCUT2D eigenvalue weighted by Gasteiger charge is -2.25. The van der Waals surface area contributed by atoms with Crippen LogP contribution in [0, 0.1) is 6.92 Å². The SMILES string of the molecule is Cc1ccc(NC(=O)CN(C)C(=O)[C@H](C)[NH+](C)Cc2ccc(C(F)(F)F)cc2)cc1. The molecule has 30 heavy (non-hydrogen) atoms. The molecule has 0 heterocycles. The van der Waals surface area contributed by atoms with Crippen molar-refractivity contribution in [2.24, 2.45) is 0 Å². The molecule has 0 saturated heterocycles. The van der Waals surface area contributed by atoms with E-state index in [-0.39, 0.29) is 18.4 Å². The van der Waals surface area contributed by atoms with Crippen LogP contribution in [0.5, 0.6) is 0 Å². The highest BCUT2D eigenvalue weighted by Crippen LogP contribution is 2.28. The van der Waals surface area contributed by atoms with Crippen molar-refractivity contribution in [1.82, 2.24) is 4.90 Å². The molecule has 2 aromatic carbocycles. The van der Waals surface area contributed by atoms with Gasteiger partial charge in [-0.05, 0) is 38.1 Å². The molecular formula is C22H27F3N3O2+. The summed E-state index contributed by atoms with van der Waals surface area (Å²) in [6.45, 7) is 3.97. The maximum Gasteiger partial charge on any atom is 0.416 e. The van der Waals surface area contributed by atoms with Crippen LogP contribution in [0.1, 0.15) is 23.6 Å². The summed E-state index contributed by atoms with van der Waals surface area (Å²) in [6, 6.07) is 11.8. The second-order valence-corrected chi connectivity index (χ2v) is 7.55. The Hall–Kier alpha value is -2.87. The molecule has 0 aliphatic carbocycles. The first-order valence-corrected chi connectivity index (χ1v) is 9.57. The number of benzene rings is 2. The summed E-state index contributed by atoms with van der Waals surface area (Å²) in [6.07, 6.45) is -4.37. The van der Waals surface area contributed by atoms with Gasteiger partial charge in [-0.15, -0.1) is 0 Å². The van der Waals surface area contributed by atoms with Crippen LogP contribution < -0.4 is 10.2 Å². The van der Waals surface area contributed by atoms with Crippen LogP contribution in [0.15, 0.2) is 48.5 Å². The number of aryl methyl sites for hydroxylation is 1. The van der Waals surface area contributed by atoms with Crippen molar-refractivity contribution < 1.29 is 27.7 Å². The number of nitrogens with one attached hydrogen (secondary N) is 2. The van der Waals surface area contributed by atoms with Crippen LogP contribution in [0.2, 0.25) is 0 Å². The molecule has 162 valence electrons. The van der Waals surface area contributed by atoms with Crippen molar-refractivity contribution in [2.45, 2.75) is 32.6 Å². The fraction of sp³-hybridized carbons (Fsp3) is 0.364. The van der Waals surface area contributed by atoms with E-state index in [0.717, 1.165) is 22.6 Å². The average Bonchev–Trinajstić information content (AvgIpc) is 2.68. The van der Waals surface area contributed by atoms with Crippen LogP contribution in [0.25, 0.3) is 0 Å². The highest BCUT2D eigenvalue weighted by atomic mass is 19.4. The van der Waals surface area contributed by atoms with Gasteiger partial charge in [-0.1, -0.05) is 29.8 Å². The third kappa shape index (κ3) is 6.59. The summed E-state index contributed by atoms with van der Waals surface area (Å²) in [7, 11) is 3.35. The van der Waals surface area contributed by atoms with Crippen molar-refractivity contribution in [3.63, 3.8) is 0 Å². The van der Waals surface area contributed by atoms with Crippen molar-refractivity contribution in [2.75, 3.05) is 26.0 Å². The zero-order valence-corrected chi connectivity index (χ0v) is 17.5. The molecule has 0 aliphatic heterocycles. The van der Waals surface area contributed by atoms with Gasteiger partial charge < -0.3 is 15.1 Å². The first kappa shape index (κ1) is 23.4. The lowest BCUT2D eigenvalue weighted by molar-refractivity contribution is -0.908. The number of nitrogens with zero attached hydrogens (tertiary/aromatic N) is 1. The molecule has 2 rings (SSSR count). The fourth-order valence-corrected chi connectivity index (χ4v) is 2.96. The minimum absolute atomic E-state index is 0.0926. The van der Waals surface area contributed by atoms with Crippen molar-refractivity contribution >= 4 is 17.5 Å². The quantitative estimate of drug-likeness (QED) is 0.721. The Morgan fingerprint density at radius 2 is 1.63 bits per heavy atom. The van der Waals surface area contributed by atoms with E-state index >= 15 is 0 Å². The van der Waals surface area contributed by atoms with Gasteiger partial charge in [0.2, 0.25) is 5.91 Å². The molecule has 2 atom stereocenters. The molecule has 0 fully saturated rings. The van der Waals surface area contributed by atoms with Crippen LogP contribution in [0.4, 0.5) is 18.9 Å². The molecule has 0 aromatic heterocycles. The third-order valence-electron chi connectivity index (χ3n) is 4.97. The van der Waals surface area contributed by atoms with E-state index in [4.69, 9.17) is 0 Å². The molecule has 0 radical (unpaired) electrons. The Kier molecular flexibility index (Phi) is 7.61. The number of rotatable bonds is 7. The van der Waals surface area contributed by atoms with Gasteiger partial charge in [-0.3, -0.25) is 9.59 Å². The number of quaternary nitrogens is 1. The Morgan fingerprint density at radius 1 is 1.07 bits per heavy atom. The normalized spacial score (nSPS) is 13.4. The van der Waals surface area contributed by atoms with Gasteiger partial charge in [0.05, 0.1) is 19.2 Å². The second-order valence-electron chi connectivity index (χ2n) is 7.55. The maximum absolute atomic E-state index is 12.7. The molecule has 0 bridgehead atoms. The number of likely N-dealkylation sites (N-methyl/N-ethyl adjacent to an activating group) is 2. The van der Waals surface area contributed by atoms with E-state index in [1.165, 1.54) is 17.0 Å². The molecule has 0 saturated carbocycles. The Labute approximate surface area is 174 Å². The third-order valence-corrected chi connectivity index (χ3v) is 4.97. The number of carbonyl (C=O) groups excluding carboxylic acids is 2. The predicted octanol–water partition coefficient (Wildman–Crippen LogP) is 2.51. The van der Waals surface area contributed by atoms with E-state index in [9.17, 15) is 22.8 Å². The average molecular weight is 422 g/mol. The molecule has 0 aliphatic rings. The first-order chi connectivity index (χ1) is 14.0. The topological polar surface area (TPSA) is 53.9 Å². The largest absolute Gasteiger partial charge is 0.416 e. The number of hydrogen-bond donors (Lipinski definition) is 2. The number of hydrogen-bond acceptors (Lipinski definition) is 2. The number of alkyl halides is 3. The summed E-state index contributed by atoms with van der Waals surface area (Å²) in [5, 5.41) is 2.75. The van der Waals surface area contributed by atoms with Gasteiger partial charge in [0, 0.05) is 18.3 Å². The molecule has 8 heteroatoms. The summed E-state index contributed by atoms with van der Waals surface area (Å²) >= 11 is 0. The van der Waals surface area contributed by atoms with Crippen LogP contribution in [-0.4, -0.2) is 43.4 Å². The molecule has 0 spiro atoms. The Balaban J connectivity index is 1.89. The Bertz CT molecular complexity index is 865. The highest BCUT2D eigenvalue weighted by Gasteiger charge is 2.30. The minimum atomic E-state index is -4.37. The van der Waals surface area contributed by atoms with E-state index < -0.39 is 17.8 Å². The van der Waals surface area contributed by atoms with Crippen molar-refractivity contribution in [1.29, 1.82) is 0 Å². The molecule has 2 amide bonds. The maximum atomic E-state index is 12.7. The van der Waals surface area contributed by atoms with Gasteiger partial charge in [0.25, 0.3) is 5.91 Å². The second kappa shape index (κ2) is 9.75. The number of halogens is 3. The van der Waals surface area contributed by atoms with Gasteiger partial charge in [0.1, 0.15) is 6.54 Å². The van der Waals surface area contributed by atoms with E-state index in [0.29, 0.717) is 17.8 Å². The highest BCUT2D eigenvalue weighted by molar-refractivity contribution is 5.94. The lowest BCUT2D eigenvalue weighted by atomic mass is 10.1. The number of anilines is 1. The molecule has 5 nitrogen and oxygen atoms in total. The molecule has 2 N–H and O–H groups in total. The lowest BCUT2D eigenvalue weighted by Crippen LogP contribution is -3.12. The zero-order valence-electron chi connectivity index (χ0n) is 17.5. The molecular weight excluding hydrogens is 395 g/mol. The van der Waals surface area contributed by atoms with Crippen molar-refractivity contribution in [3.05, 3.63) is 65.2 Å². The standard InChI is InChI=1S/C22H26F3N3O2/c1-15-5-11-19(12-6-15)26-20(29)14-28(4)21(30)16(2)27(3)13-17-7-9-18(10-8-17)22(23,24)25/h5-12,16H,13-14H2,1-4H3,(H,26,29)/p+1/t16-/m0/s1. The van der Waals surface area contributed by atoms with E-state index in [1.54, 1.807) is 33.2 Å². The number of amides is 2. The number of carbonyl (C=O) groups is 2. The van der Waals surface area contributed by atoms with Crippen LogP contribution >= 0.6 is 0 Å². The molecule has 2 aromatic rings. The van der Waals surface area contributed by atoms with Gasteiger partial charge >= 0.3 is 6.18 Å². The minimum Gasteiger partial charge on any atom is -0.331 e. The van der Waals surface area contributed by atoms with Crippen LogP contribution in [-0.2, 0) is 22.3 Å². The van der Waals surface area contributed by atoms with Gasteiger partial charge in [0.15, 0.2) is 6.04 Å². The summed E-state index contributed by atoms with van der Waals surface area (Å²) in [5.74, 6) is -0.527. The van der Waals surface area contributed by atoms with Gasteiger partial charge in [-0.25, -0.2) is 0 Å². The fourth-order valence-electron chi connectivity index (χ4n) is 2.96. The molecule has 1 unspecified atom stereocenters. The summed E-state index contributed by atoms with van der Waals surface area (Å²) < 4.78 is 38.0. The smallest absolute Gasteiger partial charge is 0.331 e. The van der Waals surface area contributed by atoms with Crippen LogP contribution in [0.3, 0.4) is 0 Å². The zero-order chi connectivity index (χ0) is 22.5. The van der Waals surface area contributed by atoms with Gasteiger partial charge in [-0.2, -0.15) is 13.2 Å². The monoisotopic (exact) mass is 422 g/mol. The predicted molar refractivity (Wildman–Crippen MR) is 109 cm³/mol. The first-order valence-electron chi connectivity index (χ1n) is 9.57. The van der Waals surface area contributed by atoms with Crippen molar-refractivity contribution in [3.8, 4) is 0 Å². The van der Waals surface area contributed by atoms with E-state index in [2.05, 4.69) is 5.32 Å². The Morgan fingerprint density at radius 3 is 2.17 bits per heavy atom. The van der Waals surface area contributed by atoms with E-state index in [1.807, 2.05) is 19.1 Å². The summed E-state index contributed by atoms with van der Waals surface area (Å²) in [4.78, 5) is 27.0.